The number of carbonyl (C=O) groups excluding carboxylic acids is 1. The highest BCUT2D eigenvalue weighted by atomic mass is 16.6. The number of hydrogen-bond donors (Lipinski definition) is 1. The van der Waals surface area contributed by atoms with E-state index in [0.29, 0.717) is 19.6 Å². The van der Waals surface area contributed by atoms with Crippen LogP contribution in [0.2, 0.25) is 0 Å². The van der Waals surface area contributed by atoms with E-state index >= 15 is 0 Å². The van der Waals surface area contributed by atoms with Crippen LogP contribution in [-0.2, 0) is 11.3 Å². The van der Waals surface area contributed by atoms with E-state index in [1.807, 2.05) is 13.0 Å². The summed E-state index contributed by atoms with van der Waals surface area (Å²) in [5, 5.41) is 0. The zero-order chi connectivity index (χ0) is 11.5. The number of nitrogens with zero attached hydrogens (tertiary/aromatic N) is 2. The largest absolute Gasteiger partial charge is 0.443 e. The number of nitrogens with two attached hydrogens (primary N) is 1. The summed E-state index contributed by atoms with van der Waals surface area (Å²) in [6, 6.07) is 2.01. The first kappa shape index (κ1) is 10.9. The second-order valence-corrected chi connectivity index (χ2v) is 3.99. The zero-order valence-corrected chi connectivity index (χ0v) is 9.22. The molecule has 1 saturated heterocycles. The van der Waals surface area contributed by atoms with Crippen LogP contribution in [0.3, 0.4) is 0 Å². The van der Waals surface area contributed by atoms with Gasteiger partial charge in [-0.1, -0.05) is 6.07 Å². The molecule has 1 aliphatic rings. The molecule has 2 rings (SSSR count). The number of aromatic nitrogens is 1. The molecule has 0 aromatic carbocycles. The van der Waals surface area contributed by atoms with E-state index in [1.54, 1.807) is 17.3 Å². The second kappa shape index (κ2) is 4.49. The van der Waals surface area contributed by atoms with E-state index in [1.165, 1.54) is 0 Å². The molecule has 1 aliphatic heterocycles. The van der Waals surface area contributed by atoms with Gasteiger partial charge in [0.05, 0.1) is 13.1 Å². The molecule has 1 amide bonds. The maximum absolute atomic E-state index is 11.5. The Morgan fingerprint density at radius 3 is 3.06 bits per heavy atom. The number of hydrogen-bond acceptors (Lipinski definition) is 4. The Kier molecular flexibility index (Phi) is 3.05. The molecule has 1 aromatic heterocycles. The topological polar surface area (TPSA) is 68.5 Å². The van der Waals surface area contributed by atoms with E-state index in [-0.39, 0.29) is 12.2 Å². The monoisotopic (exact) mass is 221 g/mol. The highest BCUT2D eigenvalue weighted by molar-refractivity contribution is 5.69. The minimum Gasteiger partial charge on any atom is -0.443 e. The molecule has 86 valence electrons. The number of aryl methyl sites for hydroxylation is 1. The normalized spacial score (nSPS) is 20.0. The van der Waals surface area contributed by atoms with Crippen LogP contribution in [0, 0.1) is 6.92 Å². The molecular weight excluding hydrogens is 206 g/mol. The summed E-state index contributed by atoms with van der Waals surface area (Å²) in [6.07, 6.45) is 3.08. The van der Waals surface area contributed by atoms with Crippen molar-refractivity contribution in [3.05, 3.63) is 29.6 Å². The van der Waals surface area contributed by atoms with Crippen molar-refractivity contribution in [3.63, 3.8) is 0 Å². The summed E-state index contributed by atoms with van der Waals surface area (Å²) in [4.78, 5) is 17.2. The predicted octanol–water partition coefficient (Wildman–Crippen LogP) is 0.670. The molecule has 1 atom stereocenters. The Hall–Kier alpha value is -1.62. The van der Waals surface area contributed by atoms with Gasteiger partial charge in [0.1, 0.15) is 6.10 Å². The molecule has 0 radical (unpaired) electrons. The van der Waals surface area contributed by atoms with Gasteiger partial charge in [-0.15, -0.1) is 0 Å². The Morgan fingerprint density at radius 1 is 1.62 bits per heavy atom. The van der Waals surface area contributed by atoms with Gasteiger partial charge in [-0.3, -0.25) is 4.98 Å². The fraction of sp³-hybridized carbons (Fsp3) is 0.455. The van der Waals surface area contributed by atoms with Gasteiger partial charge in [-0.05, 0) is 18.1 Å². The molecule has 0 bridgehead atoms. The first-order valence-electron chi connectivity index (χ1n) is 5.25. The smallest absolute Gasteiger partial charge is 0.410 e. The van der Waals surface area contributed by atoms with E-state index in [9.17, 15) is 4.79 Å². The van der Waals surface area contributed by atoms with Crippen LogP contribution in [0.5, 0.6) is 0 Å². The first-order valence-corrected chi connectivity index (χ1v) is 5.25. The van der Waals surface area contributed by atoms with Crippen molar-refractivity contribution in [1.82, 2.24) is 9.88 Å². The predicted molar refractivity (Wildman–Crippen MR) is 58.7 cm³/mol. The highest BCUT2D eigenvalue weighted by Gasteiger charge is 2.29. The quantitative estimate of drug-likeness (QED) is 0.814. The molecule has 0 saturated carbocycles. The number of amides is 1. The Balaban J connectivity index is 2.03. The molecule has 1 aromatic rings. The lowest BCUT2D eigenvalue weighted by molar-refractivity contribution is 0.134. The average Bonchev–Trinajstić information content (AvgIpc) is 2.60. The summed E-state index contributed by atoms with van der Waals surface area (Å²) in [5.74, 6) is 0. The van der Waals surface area contributed by atoms with Gasteiger partial charge in [-0.2, -0.15) is 0 Å². The molecule has 5 heteroatoms. The van der Waals surface area contributed by atoms with Gasteiger partial charge in [0.2, 0.25) is 0 Å². The fourth-order valence-corrected chi connectivity index (χ4v) is 1.75. The summed E-state index contributed by atoms with van der Waals surface area (Å²) >= 11 is 0. The molecule has 0 aliphatic carbocycles. The third-order valence-corrected chi connectivity index (χ3v) is 2.52. The molecule has 0 spiro atoms. The fourth-order valence-electron chi connectivity index (χ4n) is 1.75. The van der Waals surface area contributed by atoms with Crippen molar-refractivity contribution < 1.29 is 9.53 Å². The van der Waals surface area contributed by atoms with Crippen molar-refractivity contribution in [2.75, 3.05) is 13.1 Å². The molecule has 2 heterocycles. The zero-order valence-electron chi connectivity index (χ0n) is 9.22. The van der Waals surface area contributed by atoms with Gasteiger partial charge in [0.15, 0.2) is 0 Å². The van der Waals surface area contributed by atoms with Gasteiger partial charge in [0.25, 0.3) is 0 Å². The third kappa shape index (κ3) is 2.30. The van der Waals surface area contributed by atoms with Gasteiger partial charge >= 0.3 is 6.09 Å². The van der Waals surface area contributed by atoms with Gasteiger partial charge in [0, 0.05) is 18.9 Å². The van der Waals surface area contributed by atoms with Crippen molar-refractivity contribution >= 4 is 6.09 Å². The lowest BCUT2D eigenvalue weighted by Gasteiger charge is -2.12. The van der Waals surface area contributed by atoms with Crippen LogP contribution >= 0.6 is 0 Å². The van der Waals surface area contributed by atoms with Crippen molar-refractivity contribution in [1.29, 1.82) is 0 Å². The minimum atomic E-state index is -0.294. The van der Waals surface area contributed by atoms with E-state index in [4.69, 9.17) is 10.5 Å². The Labute approximate surface area is 94.2 Å². The summed E-state index contributed by atoms with van der Waals surface area (Å²) < 4.78 is 5.07. The number of ether oxygens (including phenoxy) is 1. The van der Waals surface area contributed by atoms with Gasteiger partial charge < -0.3 is 15.4 Å². The van der Waals surface area contributed by atoms with E-state index in [2.05, 4.69) is 4.98 Å². The standard InChI is InChI=1S/C11H15N3O2/c1-8-2-9(5-13-4-8)6-14-7-10(3-12)16-11(14)15/h2,4-5,10H,3,6-7,12H2,1H3. The van der Waals surface area contributed by atoms with Crippen molar-refractivity contribution in [3.8, 4) is 0 Å². The molecular formula is C11H15N3O2. The second-order valence-electron chi connectivity index (χ2n) is 3.99. The molecule has 5 nitrogen and oxygen atoms in total. The van der Waals surface area contributed by atoms with Gasteiger partial charge in [-0.25, -0.2) is 4.79 Å². The number of cyclic esters (lactones) is 1. The summed E-state index contributed by atoms with van der Waals surface area (Å²) in [6.45, 7) is 3.43. The summed E-state index contributed by atoms with van der Waals surface area (Å²) in [7, 11) is 0. The third-order valence-electron chi connectivity index (χ3n) is 2.52. The van der Waals surface area contributed by atoms with Crippen LogP contribution in [0.4, 0.5) is 4.79 Å². The lowest BCUT2D eigenvalue weighted by atomic mass is 10.2. The van der Waals surface area contributed by atoms with Crippen LogP contribution in [0.15, 0.2) is 18.5 Å². The molecule has 1 unspecified atom stereocenters. The van der Waals surface area contributed by atoms with E-state index in [0.717, 1.165) is 11.1 Å². The average molecular weight is 221 g/mol. The lowest BCUT2D eigenvalue weighted by Crippen LogP contribution is -2.27. The SMILES string of the molecule is Cc1cncc(CN2CC(CN)OC2=O)c1. The minimum absolute atomic E-state index is 0.176. The maximum atomic E-state index is 11.5. The van der Waals surface area contributed by atoms with Crippen molar-refractivity contribution in [2.45, 2.75) is 19.6 Å². The molecule has 16 heavy (non-hydrogen) atoms. The van der Waals surface area contributed by atoms with Crippen LogP contribution in [0.1, 0.15) is 11.1 Å². The Morgan fingerprint density at radius 2 is 2.44 bits per heavy atom. The Bertz CT molecular complexity index is 395. The van der Waals surface area contributed by atoms with Crippen LogP contribution < -0.4 is 5.73 Å². The van der Waals surface area contributed by atoms with Crippen LogP contribution in [0.25, 0.3) is 0 Å². The maximum Gasteiger partial charge on any atom is 0.410 e. The number of carbonyl (C=O) groups is 1. The molecule has 2 N–H and O–H groups in total. The highest BCUT2D eigenvalue weighted by Crippen LogP contribution is 2.14. The molecule has 1 fully saturated rings. The van der Waals surface area contributed by atoms with Crippen LogP contribution in [-0.4, -0.2) is 35.2 Å². The van der Waals surface area contributed by atoms with E-state index < -0.39 is 0 Å². The van der Waals surface area contributed by atoms with Crippen molar-refractivity contribution in [2.24, 2.45) is 5.73 Å². The number of pyridine rings is 1. The summed E-state index contributed by atoms with van der Waals surface area (Å²) in [5.41, 5.74) is 7.55. The number of rotatable bonds is 3. The first-order chi connectivity index (χ1) is 7.69.